The van der Waals surface area contributed by atoms with Crippen molar-refractivity contribution in [2.24, 2.45) is 0 Å². The first kappa shape index (κ1) is 14.0. The van der Waals surface area contributed by atoms with Crippen LogP contribution in [0.25, 0.3) is 0 Å². The van der Waals surface area contributed by atoms with E-state index in [1.807, 2.05) is 44.2 Å². The van der Waals surface area contributed by atoms with E-state index in [4.69, 9.17) is 14.2 Å². The summed E-state index contributed by atoms with van der Waals surface area (Å²) in [6.07, 6.45) is -0.367. The number of hydrogen-bond donors (Lipinski definition) is 0. The van der Waals surface area contributed by atoms with Gasteiger partial charge in [-0.15, -0.1) is 0 Å². The van der Waals surface area contributed by atoms with Gasteiger partial charge in [0.1, 0.15) is 6.10 Å². The van der Waals surface area contributed by atoms with Gasteiger partial charge < -0.3 is 14.2 Å². The van der Waals surface area contributed by atoms with Gasteiger partial charge in [-0.25, -0.2) is 0 Å². The molecule has 0 aliphatic carbocycles. The second-order valence-electron chi connectivity index (χ2n) is 4.83. The quantitative estimate of drug-likeness (QED) is 0.787. The number of methoxy groups -OCH3 is 1. The molecule has 0 radical (unpaired) electrons. The average molecular weight is 264 g/mol. The van der Waals surface area contributed by atoms with Crippen molar-refractivity contribution in [1.29, 1.82) is 0 Å². The largest absolute Gasteiger partial charge is 0.469 e. The number of carbonyl (C=O) groups is 1. The fourth-order valence-electron chi connectivity index (χ4n) is 2.23. The molecule has 4 heteroatoms. The van der Waals surface area contributed by atoms with Crippen LogP contribution in [0.2, 0.25) is 0 Å². The Kier molecular flexibility index (Phi) is 4.56. The highest BCUT2D eigenvalue weighted by Crippen LogP contribution is 2.33. The summed E-state index contributed by atoms with van der Waals surface area (Å²) >= 11 is 0. The molecule has 4 nitrogen and oxygen atoms in total. The topological polar surface area (TPSA) is 44.8 Å². The number of hydrogen-bond acceptors (Lipinski definition) is 4. The van der Waals surface area contributed by atoms with Gasteiger partial charge in [0.25, 0.3) is 0 Å². The molecule has 0 spiro atoms. The monoisotopic (exact) mass is 264 g/mol. The van der Waals surface area contributed by atoms with E-state index in [0.717, 1.165) is 5.56 Å². The van der Waals surface area contributed by atoms with Crippen LogP contribution >= 0.6 is 0 Å². The van der Waals surface area contributed by atoms with E-state index < -0.39 is 0 Å². The van der Waals surface area contributed by atoms with Gasteiger partial charge in [-0.1, -0.05) is 30.3 Å². The normalized spacial score (nSPS) is 30.9. The SMILES string of the molecule is COC(=O)C[C@H]1O[C@H](C)[C@@H](C)O[C@H]1c1ccccc1. The van der Waals surface area contributed by atoms with Crippen LogP contribution in [0.15, 0.2) is 30.3 Å². The molecular weight excluding hydrogens is 244 g/mol. The lowest BCUT2D eigenvalue weighted by Gasteiger charge is -2.39. The second-order valence-corrected chi connectivity index (χ2v) is 4.83. The first-order valence-corrected chi connectivity index (χ1v) is 6.54. The van der Waals surface area contributed by atoms with Crippen molar-refractivity contribution in [3.8, 4) is 0 Å². The van der Waals surface area contributed by atoms with Gasteiger partial charge in [0, 0.05) is 0 Å². The molecule has 1 aromatic rings. The van der Waals surface area contributed by atoms with Gasteiger partial charge in [0.05, 0.1) is 31.8 Å². The highest BCUT2D eigenvalue weighted by molar-refractivity contribution is 5.69. The van der Waals surface area contributed by atoms with Gasteiger partial charge in [-0.05, 0) is 19.4 Å². The summed E-state index contributed by atoms with van der Waals surface area (Å²) in [6, 6.07) is 9.84. The Labute approximate surface area is 113 Å². The summed E-state index contributed by atoms with van der Waals surface area (Å²) in [6.45, 7) is 3.94. The van der Waals surface area contributed by atoms with Crippen molar-refractivity contribution < 1.29 is 19.0 Å². The van der Waals surface area contributed by atoms with Crippen molar-refractivity contribution >= 4 is 5.97 Å². The third-order valence-electron chi connectivity index (χ3n) is 3.47. The van der Waals surface area contributed by atoms with Crippen molar-refractivity contribution in [1.82, 2.24) is 0 Å². The molecule has 1 fully saturated rings. The Balaban J connectivity index is 2.18. The molecule has 0 saturated carbocycles. The summed E-state index contributed by atoms with van der Waals surface area (Å²) in [5.74, 6) is -0.281. The van der Waals surface area contributed by atoms with Crippen LogP contribution in [0.3, 0.4) is 0 Å². The number of carbonyl (C=O) groups excluding carboxylic acids is 1. The average Bonchev–Trinajstić information content (AvgIpc) is 2.43. The van der Waals surface area contributed by atoms with Gasteiger partial charge >= 0.3 is 5.97 Å². The number of rotatable bonds is 3. The maximum atomic E-state index is 11.5. The predicted molar refractivity (Wildman–Crippen MR) is 70.7 cm³/mol. The summed E-state index contributed by atoms with van der Waals surface area (Å²) in [4.78, 5) is 11.5. The summed E-state index contributed by atoms with van der Waals surface area (Å²) in [5, 5.41) is 0. The molecule has 104 valence electrons. The van der Waals surface area contributed by atoms with E-state index in [2.05, 4.69) is 0 Å². The van der Waals surface area contributed by atoms with Crippen LogP contribution < -0.4 is 0 Å². The lowest BCUT2D eigenvalue weighted by Crippen LogP contribution is -2.43. The maximum Gasteiger partial charge on any atom is 0.308 e. The van der Waals surface area contributed by atoms with Gasteiger partial charge in [0.15, 0.2) is 0 Å². The zero-order valence-electron chi connectivity index (χ0n) is 11.5. The first-order chi connectivity index (χ1) is 9.11. The third-order valence-corrected chi connectivity index (χ3v) is 3.47. The highest BCUT2D eigenvalue weighted by Gasteiger charge is 2.36. The molecule has 1 aliphatic heterocycles. The summed E-state index contributed by atoms with van der Waals surface area (Å²) < 4.78 is 16.6. The van der Waals surface area contributed by atoms with Crippen LogP contribution in [0.5, 0.6) is 0 Å². The molecule has 0 aromatic heterocycles. The van der Waals surface area contributed by atoms with Crippen LogP contribution in [-0.4, -0.2) is 31.4 Å². The maximum absolute atomic E-state index is 11.5. The van der Waals surface area contributed by atoms with Crippen LogP contribution in [0.4, 0.5) is 0 Å². The molecule has 1 saturated heterocycles. The van der Waals surface area contributed by atoms with Crippen LogP contribution in [-0.2, 0) is 19.0 Å². The third kappa shape index (κ3) is 3.33. The number of esters is 1. The minimum Gasteiger partial charge on any atom is -0.469 e. The Morgan fingerprint density at radius 1 is 1.16 bits per heavy atom. The molecule has 1 aromatic carbocycles. The van der Waals surface area contributed by atoms with E-state index in [9.17, 15) is 4.79 Å². The molecule has 0 unspecified atom stereocenters. The molecule has 1 heterocycles. The Morgan fingerprint density at radius 2 is 1.79 bits per heavy atom. The fourth-order valence-corrected chi connectivity index (χ4v) is 2.23. The Hall–Kier alpha value is -1.39. The van der Waals surface area contributed by atoms with E-state index in [1.165, 1.54) is 7.11 Å². The Morgan fingerprint density at radius 3 is 2.42 bits per heavy atom. The van der Waals surface area contributed by atoms with Gasteiger partial charge in [0.2, 0.25) is 0 Å². The number of benzene rings is 1. The van der Waals surface area contributed by atoms with Crippen molar-refractivity contribution in [2.45, 2.75) is 44.7 Å². The predicted octanol–water partition coefficient (Wildman–Crippen LogP) is 2.48. The molecule has 0 bridgehead atoms. The lowest BCUT2D eigenvalue weighted by atomic mass is 9.99. The minimum atomic E-state index is -0.305. The zero-order valence-corrected chi connectivity index (χ0v) is 11.5. The summed E-state index contributed by atoms with van der Waals surface area (Å²) in [7, 11) is 1.38. The zero-order chi connectivity index (χ0) is 13.8. The molecule has 4 atom stereocenters. The van der Waals surface area contributed by atoms with E-state index >= 15 is 0 Å². The smallest absolute Gasteiger partial charge is 0.308 e. The van der Waals surface area contributed by atoms with E-state index in [-0.39, 0.29) is 36.8 Å². The highest BCUT2D eigenvalue weighted by atomic mass is 16.6. The lowest BCUT2D eigenvalue weighted by molar-refractivity contribution is -0.216. The molecule has 19 heavy (non-hydrogen) atoms. The standard InChI is InChI=1S/C15H20O4/c1-10-11(2)19-15(12-7-5-4-6-8-12)13(18-10)9-14(16)17-3/h4-8,10-11,13,15H,9H2,1-3H3/t10-,11-,13-,15+/m1/s1. The van der Waals surface area contributed by atoms with Gasteiger partial charge in [-0.2, -0.15) is 0 Å². The molecular formula is C15H20O4. The van der Waals surface area contributed by atoms with Crippen molar-refractivity contribution in [2.75, 3.05) is 7.11 Å². The van der Waals surface area contributed by atoms with Crippen molar-refractivity contribution in [3.63, 3.8) is 0 Å². The van der Waals surface area contributed by atoms with Crippen molar-refractivity contribution in [3.05, 3.63) is 35.9 Å². The molecule has 1 aliphatic rings. The molecule has 0 N–H and O–H groups in total. The number of ether oxygens (including phenoxy) is 3. The van der Waals surface area contributed by atoms with Crippen LogP contribution in [0, 0.1) is 0 Å². The summed E-state index contributed by atoms with van der Waals surface area (Å²) in [5.41, 5.74) is 1.02. The van der Waals surface area contributed by atoms with Crippen LogP contribution in [0.1, 0.15) is 31.9 Å². The van der Waals surface area contributed by atoms with Gasteiger partial charge in [-0.3, -0.25) is 4.79 Å². The van der Waals surface area contributed by atoms with E-state index in [1.54, 1.807) is 0 Å². The molecule has 0 amide bonds. The van der Waals surface area contributed by atoms with E-state index in [0.29, 0.717) is 0 Å². The first-order valence-electron chi connectivity index (χ1n) is 6.54. The fraction of sp³-hybridized carbons (Fsp3) is 0.533. The minimum absolute atomic E-state index is 0.000830. The molecule has 2 rings (SSSR count). The second kappa shape index (κ2) is 6.17. The Bertz CT molecular complexity index is 417.